The zero-order valence-corrected chi connectivity index (χ0v) is 13.4. The minimum Gasteiger partial charge on any atom is -0.493 e. The fourth-order valence-electron chi connectivity index (χ4n) is 2.16. The molecule has 0 saturated heterocycles. The molecule has 8 heteroatoms. The molecule has 0 amide bonds. The van der Waals surface area contributed by atoms with Gasteiger partial charge in [-0.05, 0) is 31.2 Å². The molecule has 0 N–H and O–H groups in total. The molecule has 1 aromatic heterocycles. The van der Waals surface area contributed by atoms with Gasteiger partial charge >= 0.3 is 0 Å². The number of rotatable bonds is 7. The maximum absolute atomic E-state index is 10.6. The molecular weight excluding hydrogens is 326 g/mol. The zero-order valence-electron chi connectivity index (χ0n) is 13.4. The molecule has 0 aliphatic heterocycles. The van der Waals surface area contributed by atoms with Gasteiger partial charge in [-0.15, -0.1) is 0 Å². The molecule has 1 heterocycles. The molecule has 128 valence electrons. The van der Waals surface area contributed by atoms with Crippen LogP contribution < -0.4 is 9.47 Å². The van der Waals surface area contributed by atoms with Gasteiger partial charge in [-0.25, -0.2) is 0 Å². The summed E-state index contributed by atoms with van der Waals surface area (Å²) in [4.78, 5) is 14.4. The third kappa shape index (κ3) is 3.92. The third-order valence-electron chi connectivity index (χ3n) is 3.31. The maximum Gasteiger partial charge on any atom is 0.269 e. The number of aromatic nitrogens is 2. The normalized spacial score (nSPS) is 10.4. The Bertz CT molecular complexity index is 861. The number of nitrogens with zero attached hydrogens (tertiary/aromatic N) is 3. The predicted octanol–water partition coefficient (Wildman–Crippen LogP) is 3.62. The SMILES string of the molecule is CCOc1ccccc1-c1noc(COc2ccc([N+](=O)[O-])cc2)n1. The van der Waals surface area contributed by atoms with Gasteiger partial charge in [-0.3, -0.25) is 10.1 Å². The van der Waals surface area contributed by atoms with Crippen LogP contribution in [0.3, 0.4) is 0 Å². The predicted molar refractivity (Wildman–Crippen MR) is 88.3 cm³/mol. The summed E-state index contributed by atoms with van der Waals surface area (Å²) in [7, 11) is 0. The van der Waals surface area contributed by atoms with Gasteiger partial charge in [0.1, 0.15) is 11.5 Å². The van der Waals surface area contributed by atoms with Crippen LogP contribution in [-0.4, -0.2) is 21.7 Å². The molecule has 3 aromatic rings. The molecule has 0 bridgehead atoms. The van der Waals surface area contributed by atoms with Crippen LogP contribution in [0.5, 0.6) is 11.5 Å². The number of ether oxygens (including phenoxy) is 2. The quantitative estimate of drug-likeness (QED) is 0.478. The molecule has 8 nitrogen and oxygen atoms in total. The van der Waals surface area contributed by atoms with Gasteiger partial charge in [0.25, 0.3) is 11.6 Å². The van der Waals surface area contributed by atoms with E-state index in [0.717, 1.165) is 5.56 Å². The highest BCUT2D eigenvalue weighted by Gasteiger charge is 2.13. The Kier molecular flexibility index (Phi) is 4.89. The Morgan fingerprint density at radius 3 is 2.60 bits per heavy atom. The molecule has 0 atom stereocenters. The molecular formula is C17H15N3O5. The lowest BCUT2D eigenvalue weighted by molar-refractivity contribution is -0.384. The van der Waals surface area contributed by atoms with E-state index in [1.165, 1.54) is 24.3 Å². The summed E-state index contributed by atoms with van der Waals surface area (Å²) in [6.45, 7) is 2.49. The largest absolute Gasteiger partial charge is 0.493 e. The highest BCUT2D eigenvalue weighted by Crippen LogP contribution is 2.27. The molecule has 0 spiro atoms. The fraction of sp³-hybridized carbons (Fsp3) is 0.176. The zero-order chi connectivity index (χ0) is 17.6. The number of non-ortho nitro benzene ring substituents is 1. The smallest absolute Gasteiger partial charge is 0.269 e. The van der Waals surface area contributed by atoms with Crippen LogP contribution >= 0.6 is 0 Å². The van der Waals surface area contributed by atoms with Gasteiger partial charge in [0.05, 0.1) is 17.1 Å². The summed E-state index contributed by atoms with van der Waals surface area (Å²) >= 11 is 0. The van der Waals surface area contributed by atoms with Gasteiger partial charge in [0.15, 0.2) is 6.61 Å². The van der Waals surface area contributed by atoms with E-state index in [4.69, 9.17) is 14.0 Å². The van der Waals surface area contributed by atoms with Crippen LogP contribution in [0.1, 0.15) is 12.8 Å². The minimum absolute atomic E-state index is 0.0000392. The van der Waals surface area contributed by atoms with E-state index in [1.807, 2.05) is 31.2 Å². The lowest BCUT2D eigenvalue weighted by atomic mass is 10.2. The van der Waals surface area contributed by atoms with E-state index < -0.39 is 4.92 Å². The Hall–Kier alpha value is -3.42. The van der Waals surface area contributed by atoms with Gasteiger partial charge < -0.3 is 14.0 Å². The average Bonchev–Trinajstić information content (AvgIpc) is 3.10. The highest BCUT2D eigenvalue weighted by molar-refractivity contribution is 5.63. The van der Waals surface area contributed by atoms with Crippen molar-refractivity contribution >= 4 is 5.69 Å². The summed E-state index contributed by atoms with van der Waals surface area (Å²) in [6, 6.07) is 13.2. The van der Waals surface area contributed by atoms with Gasteiger partial charge in [-0.2, -0.15) is 4.98 Å². The van der Waals surface area contributed by atoms with E-state index in [1.54, 1.807) is 0 Å². The summed E-state index contributed by atoms with van der Waals surface area (Å²) in [5.74, 6) is 1.85. The lowest BCUT2D eigenvalue weighted by Crippen LogP contribution is -1.97. The van der Waals surface area contributed by atoms with Crippen molar-refractivity contribution in [3.05, 3.63) is 64.5 Å². The van der Waals surface area contributed by atoms with E-state index in [0.29, 0.717) is 29.8 Å². The van der Waals surface area contributed by atoms with Crippen LogP contribution in [0.2, 0.25) is 0 Å². The lowest BCUT2D eigenvalue weighted by Gasteiger charge is -2.06. The first-order chi connectivity index (χ1) is 12.2. The van der Waals surface area contributed by atoms with Crippen molar-refractivity contribution in [3.63, 3.8) is 0 Å². The second kappa shape index (κ2) is 7.43. The Morgan fingerprint density at radius 1 is 1.12 bits per heavy atom. The van der Waals surface area contributed by atoms with Crippen molar-refractivity contribution in [3.8, 4) is 22.9 Å². The first kappa shape index (κ1) is 16.4. The average molecular weight is 341 g/mol. The molecule has 2 aromatic carbocycles. The highest BCUT2D eigenvalue weighted by atomic mass is 16.6. The van der Waals surface area contributed by atoms with Crippen LogP contribution in [0.25, 0.3) is 11.4 Å². The molecule has 0 aliphatic rings. The van der Waals surface area contributed by atoms with Gasteiger partial charge in [-0.1, -0.05) is 17.3 Å². The maximum atomic E-state index is 10.6. The van der Waals surface area contributed by atoms with Crippen LogP contribution in [-0.2, 0) is 6.61 Å². The van der Waals surface area contributed by atoms with Crippen molar-refractivity contribution in [1.29, 1.82) is 0 Å². The second-order valence-corrected chi connectivity index (χ2v) is 4.98. The van der Waals surface area contributed by atoms with Crippen LogP contribution in [0, 0.1) is 10.1 Å². The Balaban J connectivity index is 1.69. The van der Waals surface area contributed by atoms with Crippen LogP contribution in [0.4, 0.5) is 5.69 Å². The van der Waals surface area contributed by atoms with Crippen molar-refractivity contribution in [2.75, 3.05) is 6.61 Å². The number of hydrogen-bond donors (Lipinski definition) is 0. The Labute approximate surface area is 143 Å². The summed E-state index contributed by atoms with van der Waals surface area (Å²) in [5, 5.41) is 14.6. The van der Waals surface area contributed by atoms with Crippen molar-refractivity contribution in [2.45, 2.75) is 13.5 Å². The molecule has 0 aliphatic carbocycles. The molecule has 0 saturated carbocycles. The summed E-state index contributed by atoms with van der Waals surface area (Å²) < 4.78 is 16.2. The standard InChI is InChI=1S/C17H15N3O5/c1-2-23-15-6-4-3-5-14(15)17-18-16(25-19-17)11-24-13-9-7-12(8-10-13)20(21)22/h3-10H,2,11H2,1H3. The van der Waals surface area contributed by atoms with E-state index >= 15 is 0 Å². The number of nitro groups is 1. The topological polar surface area (TPSA) is 101 Å². The van der Waals surface area contributed by atoms with E-state index in [-0.39, 0.29) is 12.3 Å². The number of para-hydroxylation sites is 1. The van der Waals surface area contributed by atoms with E-state index in [9.17, 15) is 10.1 Å². The van der Waals surface area contributed by atoms with Gasteiger partial charge in [0, 0.05) is 12.1 Å². The second-order valence-electron chi connectivity index (χ2n) is 4.98. The van der Waals surface area contributed by atoms with Crippen LogP contribution in [0.15, 0.2) is 53.1 Å². The molecule has 0 fully saturated rings. The van der Waals surface area contributed by atoms with Gasteiger partial charge in [0.2, 0.25) is 5.82 Å². The Morgan fingerprint density at radius 2 is 1.88 bits per heavy atom. The minimum atomic E-state index is -0.468. The number of nitro benzene ring substituents is 1. The number of benzene rings is 2. The molecule has 0 radical (unpaired) electrons. The first-order valence-corrected chi connectivity index (χ1v) is 7.59. The molecule has 25 heavy (non-hydrogen) atoms. The number of hydrogen-bond acceptors (Lipinski definition) is 7. The fourth-order valence-corrected chi connectivity index (χ4v) is 2.16. The van der Waals surface area contributed by atoms with E-state index in [2.05, 4.69) is 10.1 Å². The van der Waals surface area contributed by atoms with Crippen molar-refractivity contribution in [2.24, 2.45) is 0 Å². The molecule has 3 rings (SSSR count). The monoisotopic (exact) mass is 341 g/mol. The summed E-state index contributed by atoms with van der Waals surface area (Å²) in [6.07, 6.45) is 0. The third-order valence-corrected chi connectivity index (χ3v) is 3.31. The molecule has 0 unspecified atom stereocenters. The van der Waals surface area contributed by atoms with Crippen molar-refractivity contribution < 1.29 is 18.9 Å². The summed E-state index contributed by atoms with van der Waals surface area (Å²) in [5.41, 5.74) is 0.731. The van der Waals surface area contributed by atoms with Crippen molar-refractivity contribution in [1.82, 2.24) is 10.1 Å². The first-order valence-electron chi connectivity index (χ1n) is 7.59.